The van der Waals surface area contributed by atoms with Gasteiger partial charge in [0.1, 0.15) is 17.5 Å². The van der Waals surface area contributed by atoms with E-state index in [9.17, 15) is 19.5 Å². The fraction of sp³-hybridized carbons (Fsp3) is 0.500. The van der Waals surface area contributed by atoms with Crippen molar-refractivity contribution >= 4 is 29.5 Å². The first kappa shape index (κ1) is 20.9. The van der Waals surface area contributed by atoms with E-state index in [4.69, 9.17) is 15.2 Å². The lowest BCUT2D eigenvalue weighted by molar-refractivity contribution is -0.126. The lowest BCUT2D eigenvalue weighted by Crippen LogP contribution is -2.46. The Hall–Kier alpha value is -2.42. The lowest BCUT2D eigenvalue weighted by Gasteiger charge is -2.19. The third kappa shape index (κ3) is 5.29. The molecule has 0 saturated carbocycles. The fourth-order valence-corrected chi connectivity index (χ4v) is 3.89. The summed E-state index contributed by atoms with van der Waals surface area (Å²) in [4.78, 5) is 36.1. The molecule has 1 aliphatic heterocycles. The van der Waals surface area contributed by atoms with Crippen LogP contribution in [0.2, 0.25) is 0 Å². The first-order valence-electron chi connectivity index (χ1n) is 8.58. The Morgan fingerprint density at radius 2 is 2.15 bits per heavy atom. The van der Waals surface area contributed by atoms with Gasteiger partial charge in [0.25, 0.3) is 0 Å². The molecule has 8 nitrogen and oxygen atoms in total. The van der Waals surface area contributed by atoms with Crippen LogP contribution in [0.3, 0.4) is 0 Å². The SMILES string of the molecule is COc1cc(O)c2c(c1C)C(=O)OCCCCC(=O)N[C@H](C(N)=O)CSC2. The monoisotopic (exact) mass is 396 g/mol. The maximum absolute atomic E-state index is 12.6. The van der Waals surface area contributed by atoms with Crippen molar-refractivity contribution in [1.29, 1.82) is 0 Å². The van der Waals surface area contributed by atoms with Gasteiger partial charge in [-0.15, -0.1) is 0 Å². The van der Waals surface area contributed by atoms with E-state index in [0.717, 1.165) is 0 Å². The number of amides is 2. The van der Waals surface area contributed by atoms with Gasteiger partial charge < -0.3 is 25.6 Å². The summed E-state index contributed by atoms with van der Waals surface area (Å²) in [5, 5.41) is 13.0. The number of methoxy groups -OCH3 is 1. The number of aromatic hydroxyl groups is 1. The summed E-state index contributed by atoms with van der Waals surface area (Å²) in [5.74, 6) is -0.698. The van der Waals surface area contributed by atoms with E-state index in [2.05, 4.69) is 5.32 Å². The van der Waals surface area contributed by atoms with Crippen molar-refractivity contribution in [2.75, 3.05) is 19.5 Å². The average molecular weight is 396 g/mol. The number of primary amides is 1. The van der Waals surface area contributed by atoms with Crippen LogP contribution in [0.25, 0.3) is 0 Å². The van der Waals surface area contributed by atoms with Crippen molar-refractivity contribution < 1.29 is 29.0 Å². The van der Waals surface area contributed by atoms with E-state index >= 15 is 0 Å². The van der Waals surface area contributed by atoms with E-state index < -0.39 is 17.9 Å². The summed E-state index contributed by atoms with van der Waals surface area (Å²) in [5.41, 5.74) is 6.60. The predicted octanol–water partition coefficient (Wildman–Crippen LogP) is 1.25. The Morgan fingerprint density at radius 3 is 2.81 bits per heavy atom. The summed E-state index contributed by atoms with van der Waals surface area (Å²) >= 11 is 1.28. The van der Waals surface area contributed by atoms with Crippen LogP contribution in [-0.2, 0) is 20.1 Å². The van der Waals surface area contributed by atoms with Gasteiger partial charge in [0.2, 0.25) is 11.8 Å². The Morgan fingerprint density at radius 1 is 1.41 bits per heavy atom. The van der Waals surface area contributed by atoms with Crippen LogP contribution in [0, 0.1) is 6.92 Å². The van der Waals surface area contributed by atoms with Crippen LogP contribution < -0.4 is 15.8 Å². The number of thioether (sulfide) groups is 1. The molecule has 1 heterocycles. The molecular weight excluding hydrogens is 372 g/mol. The number of phenols is 1. The Labute approximate surface area is 161 Å². The van der Waals surface area contributed by atoms with Crippen molar-refractivity contribution in [3.8, 4) is 11.5 Å². The standard InChI is InChI=1S/C18H24N2O6S/c1-10-14(25-2)7-13(21)11-8-27-9-12(17(19)23)20-15(22)5-3-4-6-26-18(24)16(10)11/h7,12,21H,3-6,8-9H2,1-2H3,(H2,19,23)(H,20,22)/t12-/m0/s1. The fourth-order valence-electron chi connectivity index (χ4n) is 2.80. The minimum atomic E-state index is -0.817. The summed E-state index contributed by atoms with van der Waals surface area (Å²) < 4.78 is 10.5. The zero-order valence-electron chi connectivity index (χ0n) is 15.4. The van der Waals surface area contributed by atoms with Crippen molar-refractivity contribution in [2.24, 2.45) is 5.73 Å². The number of carbonyl (C=O) groups is 3. The number of hydrogen-bond acceptors (Lipinski definition) is 7. The summed E-state index contributed by atoms with van der Waals surface area (Å²) in [6, 6.07) is 0.626. The Balaban J connectivity index is 2.36. The van der Waals surface area contributed by atoms with Gasteiger partial charge >= 0.3 is 5.97 Å². The van der Waals surface area contributed by atoms with Gasteiger partial charge in [-0.1, -0.05) is 0 Å². The number of nitrogens with one attached hydrogen (secondary N) is 1. The van der Waals surface area contributed by atoms with Gasteiger partial charge in [-0.3, -0.25) is 9.59 Å². The van der Waals surface area contributed by atoms with E-state index in [1.165, 1.54) is 24.9 Å². The molecule has 1 aromatic rings. The molecule has 148 valence electrons. The number of ether oxygens (including phenoxy) is 2. The zero-order chi connectivity index (χ0) is 20.0. The van der Waals surface area contributed by atoms with Crippen LogP contribution in [0.1, 0.15) is 40.7 Å². The van der Waals surface area contributed by atoms with Crippen molar-refractivity contribution in [1.82, 2.24) is 5.32 Å². The molecule has 0 bridgehead atoms. The lowest BCUT2D eigenvalue weighted by atomic mass is 10.0. The molecule has 0 aromatic heterocycles. The number of phenolic OH excluding ortho intramolecular Hbond substituents is 1. The first-order chi connectivity index (χ1) is 12.8. The Bertz CT molecular complexity index is 737. The number of cyclic esters (lactones) is 1. The minimum Gasteiger partial charge on any atom is -0.507 e. The highest BCUT2D eigenvalue weighted by atomic mass is 32.2. The van der Waals surface area contributed by atoms with E-state index in [1.54, 1.807) is 6.92 Å². The highest BCUT2D eigenvalue weighted by Crippen LogP contribution is 2.35. The molecule has 1 aromatic carbocycles. The van der Waals surface area contributed by atoms with Crippen LogP contribution in [0.15, 0.2) is 6.07 Å². The largest absolute Gasteiger partial charge is 0.507 e. The number of nitrogens with two attached hydrogens (primary N) is 1. The van der Waals surface area contributed by atoms with Crippen molar-refractivity contribution in [3.63, 3.8) is 0 Å². The third-order valence-electron chi connectivity index (χ3n) is 4.29. The molecule has 1 aliphatic rings. The normalized spacial score (nSPS) is 19.3. The highest BCUT2D eigenvalue weighted by Gasteiger charge is 2.24. The van der Waals surface area contributed by atoms with E-state index in [1.807, 2.05) is 0 Å². The molecule has 0 unspecified atom stereocenters. The molecule has 9 heteroatoms. The molecule has 2 amide bonds. The number of hydrogen-bond donors (Lipinski definition) is 3. The van der Waals surface area contributed by atoms with Crippen LogP contribution in [-0.4, -0.2) is 48.4 Å². The number of fused-ring (bicyclic) bond motifs is 1. The molecule has 0 fully saturated rings. The average Bonchev–Trinajstić information content (AvgIpc) is 2.62. The molecule has 0 radical (unpaired) electrons. The number of carbonyl (C=O) groups excluding carboxylic acids is 3. The molecule has 2 rings (SSSR count). The molecule has 0 spiro atoms. The van der Waals surface area contributed by atoms with Crippen molar-refractivity contribution in [3.05, 3.63) is 22.8 Å². The summed E-state index contributed by atoms with van der Waals surface area (Å²) in [6.45, 7) is 1.87. The maximum atomic E-state index is 12.6. The van der Waals surface area contributed by atoms with Gasteiger partial charge in [0, 0.05) is 35.1 Å². The van der Waals surface area contributed by atoms with Gasteiger partial charge in [-0.05, 0) is 19.8 Å². The molecule has 1 atom stereocenters. The number of rotatable bonds is 2. The van der Waals surface area contributed by atoms with E-state index in [-0.39, 0.29) is 41.8 Å². The van der Waals surface area contributed by atoms with Crippen LogP contribution >= 0.6 is 11.8 Å². The van der Waals surface area contributed by atoms with Crippen LogP contribution in [0.5, 0.6) is 11.5 Å². The minimum absolute atomic E-state index is 0.0938. The second-order valence-corrected chi connectivity index (χ2v) is 7.24. The molecule has 0 saturated heterocycles. The third-order valence-corrected chi connectivity index (χ3v) is 5.35. The number of benzene rings is 1. The first-order valence-corrected chi connectivity index (χ1v) is 9.73. The van der Waals surface area contributed by atoms with Gasteiger partial charge in [0.05, 0.1) is 19.3 Å². The summed E-state index contributed by atoms with van der Waals surface area (Å²) in [6.07, 6.45) is 1.22. The highest BCUT2D eigenvalue weighted by molar-refractivity contribution is 7.98. The molecular formula is C18H24N2O6S. The zero-order valence-corrected chi connectivity index (χ0v) is 16.2. The molecule has 27 heavy (non-hydrogen) atoms. The second kappa shape index (κ2) is 9.50. The summed E-state index contributed by atoms with van der Waals surface area (Å²) in [7, 11) is 1.46. The second-order valence-electron chi connectivity index (χ2n) is 6.21. The van der Waals surface area contributed by atoms with E-state index in [0.29, 0.717) is 29.7 Å². The number of esters is 1. The molecule has 0 aliphatic carbocycles. The van der Waals surface area contributed by atoms with Gasteiger partial charge in [-0.2, -0.15) is 11.8 Å². The van der Waals surface area contributed by atoms with Gasteiger partial charge in [0.15, 0.2) is 0 Å². The smallest absolute Gasteiger partial charge is 0.338 e. The molecule has 4 N–H and O–H groups in total. The van der Waals surface area contributed by atoms with Crippen LogP contribution in [0.4, 0.5) is 0 Å². The topological polar surface area (TPSA) is 128 Å². The quantitative estimate of drug-likeness (QED) is 0.642. The predicted molar refractivity (Wildman–Crippen MR) is 101 cm³/mol. The van der Waals surface area contributed by atoms with Crippen molar-refractivity contribution in [2.45, 2.75) is 38.0 Å². The maximum Gasteiger partial charge on any atom is 0.338 e. The Kier molecular flexibility index (Phi) is 7.35. The van der Waals surface area contributed by atoms with Gasteiger partial charge in [-0.25, -0.2) is 4.79 Å².